The van der Waals surface area contributed by atoms with Gasteiger partial charge in [0, 0.05) is 38.1 Å². The third-order valence-electron chi connectivity index (χ3n) is 3.99. The van der Waals surface area contributed by atoms with Crippen molar-refractivity contribution in [1.29, 1.82) is 0 Å². The molecule has 1 aromatic carbocycles. The SMILES string of the molecule is CN1CCN(CC(C)(CO)c2ccccc2)CC1. The van der Waals surface area contributed by atoms with E-state index in [1.165, 1.54) is 5.56 Å². The van der Waals surface area contributed by atoms with Crippen LogP contribution in [-0.2, 0) is 5.41 Å². The largest absolute Gasteiger partial charge is 0.395 e. The number of hydrogen-bond acceptors (Lipinski definition) is 3. The van der Waals surface area contributed by atoms with E-state index >= 15 is 0 Å². The number of likely N-dealkylation sites (N-methyl/N-ethyl adjacent to an activating group) is 1. The van der Waals surface area contributed by atoms with Gasteiger partial charge in [0.2, 0.25) is 0 Å². The molecule has 1 saturated heterocycles. The first-order chi connectivity index (χ1) is 8.64. The standard InChI is InChI=1S/C15H24N2O/c1-15(13-18,14-6-4-3-5-7-14)12-17-10-8-16(2)9-11-17/h3-7,18H,8-13H2,1-2H3. The lowest BCUT2D eigenvalue weighted by Crippen LogP contribution is -2.50. The number of aliphatic hydroxyl groups excluding tert-OH is 1. The molecule has 3 nitrogen and oxygen atoms in total. The lowest BCUT2D eigenvalue weighted by Gasteiger charge is -2.38. The van der Waals surface area contributed by atoms with Gasteiger partial charge >= 0.3 is 0 Å². The molecule has 100 valence electrons. The zero-order valence-corrected chi connectivity index (χ0v) is 11.5. The summed E-state index contributed by atoms with van der Waals surface area (Å²) in [4.78, 5) is 4.82. The van der Waals surface area contributed by atoms with E-state index < -0.39 is 0 Å². The minimum absolute atomic E-state index is 0.156. The van der Waals surface area contributed by atoms with Crippen molar-refractivity contribution in [2.75, 3.05) is 46.4 Å². The van der Waals surface area contributed by atoms with Crippen LogP contribution >= 0.6 is 0 Å². The van der Waals surface area contributed by atoms with Gasteiger partial charge in [-0.1, -0.05) is 37.3 Å². The quantitative estimate of drug-likeness (QED) is 0.867. The monoisotopic (exact) mass is 248 g/mol. The predicted molar refractivity (Wildman–Crippen MR) is 74.8 cm³/mol. The molecule has 2 rings (SSSR count). The van der Waals surface area contributed by atoms with E-state index in [1.54, 1.807) is 0 Å². The fraction of sp³-hybridized carbons (Fsp3) is 0.600. The molecular weight excluding hydrogens is 224 g/mol. The summed E-state index contributed by atoms with van der Waals surface area (Å²) in [5.41, 5.74) is 1.07. The Balaban J connectivity index is 2.04. The molecule has 1 N–H and O–H groups in total. The van der Waals surface area contributed by atoms with Crippen LogP contribution in [-0.4, -0.2) is 61.3 Å². The highest BCUT2D eigenvalue weighted by atomic mass is 16.3. The molecule has 1 aromatic rings. The van der Waals surface area contributed by atoms with Crippen LogP contribution in [0.2, 0.25) is 0 Å². The second-order valence-electron chi connectivity index (χ2n) is 5.66. The van der Waals surface area contributed by atoms with Crippen molar-refractivity contribution in [3.8, 4) is 0 Å². The second kappa shape index (κ2) is 5.83. The summed E-state index contributed by atoms with van der Waals surface area (Å²) in [6.45, 7) is 7.72. The highest BCUT2D eigenvalue weighted by molar-refractivity contribution is 5.25. The molecule has 1 fully saturated rings. The molecule has 3 heteroatoms. The molecule has 0 spiro atoms. The number of aliphatic hydroxyl groups is 1. The number of hydrogen-bond donors (Lipinski definition) is 1. The fourth-order valence-corrected chi connectivity index (χ4v) is 2.57. The van der Waals surface area contributed by atoms with Crippen LogP contribution in [0.3, 0.4) is 0 Å². The average Bonchev–Trinajstić information content (AvgIpc) is 2.42. The highest BCUT2D eigenvalue weighted by Crippen LogP contribution is 2.24. The highest BCUT2D eigenvalue weighted by Gasteiger charge is 2.29. The van der Waals surface area contributed by atoms with E-state index in [9.17, 15) is 5.11 Å². The molecule has 0 saturated carbocycles. The zero-order valence-electron chi connectivity index (χ0n) is 11.5. The summed E-state index contributed by atoms with van der Waals surface area (Å²) in [5, 5.41) is 9.78. The van der Waals surface area contributed by atoms with Gasteiger partial charge in [-0.15, -0.1) is 0 Å². The van der Waals surface area contributed by atoms with Crippen molar-refractivity contribution in [2.24, 2.45) is 0 Å². The molecule has 0 radical (unpaired) electrons. The Morgan fingerprint density at radius 3 is 2.28 bits per heavy atom. The molecule has 1 heterocycles. The summed E-state index contributed by atoms with van der Waals surface area (Å²) in [7, 11) is 2.17. The zero-order chi connectivity index (χ0) is 13.0. The summed E-state index contributed by atoms with van der Waals surface area (Å²) in [6, 6.07) is 10.4. The normalized spacial score (nSPS) is 21.7. The van der Waals surface area contributed by atoms with Gasteiger partial charge < -0.3 is 10.0 Å². The van der Waals surface area contributed by atoms with Gasteiger partial charge in [0.25, 0.3) is 0 Å². The van der Waals surface area contributed by atoms with Crippen LogP contribution in [0.1, 0.15) is 12.5 Å². The van der Waals surface area contributed by atoms with Gasteiger partial charge in [-0.3, -0.25) is 4.90 Å². The van der Waals surface area contributed by atoms with Crippen LogP contribution < -0.4 is 0 Å². The van der Waals surface area contributed by atoms with Crippen molar-refractivity contribution in [3.63, 3.8) is 0 Å². The van der Waals surface area contributed by atoms with Crippen molar-refractivity contribution < 1.29 is 5.11 Å². The number of benzene rings is 1. The molecule has 0 aromatic heterocycles. The van der Waals surface area contributed by atoms with Crippen LogP contribution in [0.25, 0.3) is 0 Å². The number of piperazine rings is 1. The van der Waals surface area contributed by atoms with E-state index in [1.807, 2.05) is 18.2 Å². The topological polar surface area (TPSA) is 26.7 Å². The van der Waals surface area contributed by atoms with E-state index in [-0.39, 0.29) is 12.0 Å². The molecule has 1 atom stereocenters. The van der Waals surface area contributed by atoms with Crippen molar-refractivity contribution in [2.45, 2.75) is 12.3 Å². The van der Waals surface area contributed by atoms with E-state index in [4.69, 9.17) is 0 Å². The third kappa shape index (κ3) is 3.10. The van der Waals surface area contributed by atoms with Gasteiger partial charge in [-0.05, 0) is 12.6 Å². The molecule has 1 aliphatic heterocycles. The summed E-state index contributed by atoms with van der Waals surface area (Å²) in [5.74, 6) is 0. The molecular formula is C15H24N2O. The molecule has 1 aliphatic rings. The molecule has 0 amide bonds. The van der Waals surface area contributed by atoms with Crippen molar-refractivity contribution >= 4 is 0 Å². The Morgan fingerprint density at radius 2 is 1.72 bits per heavy atom. The molecule has 18 heavy (non-hydrogen) atoms. The second-order valence-corrected chi connectivity index (χ2v) is 5.66. The molecule has 1 unspecified atom stereocenters. The first-order valence-corrected chi connectivity index (χ1v) is 6.71. The maximum absolute atomic E-state index is 9.78. The smallest absolute Gasteiger partial charge is 0.0537 e. The van der Waals surface area contributed by atoms with Crippen molar-refractivity contribution in [1.82, 2.24) is 9.80 Å². The van der Waals surface area contributed by atoms with Crippen LogP contribution in [0.4, 0.5) is 0 Å². The Hall–Kier alpha value is -0.900. The predicted octanol–water partition coefficient (Wildman–Crippen LogP) is 1.18. The van der Waals surface area contributed by atoms with Crippen LogP contribution in [0, 0.1) is 0 Å². The van der Waals surface area contributed by atoms with Gasteiger partial charge in [-0.25, -0.2) is 0 Å². The number of nitrogens with zero attached hydrogens (tertiary/aromatic N) is 2. The minimum Gasteiger partial charge on any atom is -0.395 e. The first-order valence-electron chi connectivity index (χ1n) is 6.71. The molecule has 0 aliphatic carbocycles. The van der Waals surface area contributed by atoms with Crippen LogP contribution in [0.5, 0.6) is 0 Å². The van der Waals surface area contributed by atoms with Gasteiger partial charge in [0.15, 0.2) is 0 Å². The van der Waals surface area contributed by atoms with E-state index in [0.717, 1.165) is 32.7 Å². The van der Waals surface area contributed by atoms with E-state index in [0.29, 0.717) is 0 Å². The van der Waals surface area contributed by atoms with Gasteiger partial charge in [0.05, 0.1) is 6.61 Å². The number of rotatable bonds is 4. The lowest BCUT2D eigenvalue weighted by molar-refractivity contribution is 0.102. The Kier molecular flexibility index (Phi) is 4.38. The minimum atomic E-state index is -0.156. The van der Waals surface area contributed by atoms with Gasteiger partial charge in [-0.2, -0.15) is 0 Å². The maximum atomic E-state index is 9.78. The van der Waals surface area contributed by atoms with E-state index in [2.05, 4.69) is 35.9 Å². The Morgan fingerprint density at radius 1 is 1.11 bits per heavy atom. The Labute approximate surface area is 110 Å². The van der Waals surface area contributed by atoms with Gasteiger partial charge in [0.1, 0.15) is 0 Å². The van der Waals surface area contributed by atoms with Crippen LogP contribution in [0.15, 0.2) is 30.3 Å². The summed E-state index contributed by atoms with van der Waals surface area (Å²) < 4.78 is 0. The fourth-order valence-electron chi connectivity index (χ4n) is 2.57. The average molecular weight is 248 g/mol. The maximum Gasteiger partial charge on any atom is 0.0537 e. The summed E-state index contributed by atoms with van der Waals surface area (Å²) >= 11 is 0. The Bertz CT molecular complexity index is 360. The molecule has 0 bridgehead atoms. The van der Waals surface area contributed by atoms with Crippen molar-refractivity contribution in [3.05, 3.63) is 35.9 Å². The third-order valence-corrected chi connectivity index (χ3v) is 3.99. The first kappa shape index (κ1) is 13.5. The summed E-state index contributed by atoms with van der Waals surface area (Å²) in [6.07, 6.45) is 0. The lowest BCUT2D eigenvalue weighted by atomic mass is 9.82.